The van der Waals surface area contributed by atoms with Crippen LogP contribution in [-0.4, -0.2) is 51.8 Å². The van der Waals surface area contributed by atoms with Gasteiger partial charge in [0.2, 0.25) is 0 Å². The Morgan fingerprint density at radius 3 is 1.95 bits per heavy atom. The second-order valence-electron chi connectivity index (χ2n) is 4.53. The molecule has 7 nitrogen and oxygen atoms in total. The lowest BCUT2D eigenvalue weighted by atomic mass is 10.4. The van der Waals surface area contributed by atoms with Crippen molar-refractivity contribution in [2.75, 3.05) is 11.5 Å². The van der Waals surface area contributed by atoms with Crippen LogP contribution in [0.4, 0.5) is 0 Å². The molecular weight excluding hydrogens is 328 g/mol. The van der Waals surface area contributed by atoms with Crippen LogP contribution in [0.15, 0.2) is 35.2 Å². The summed E-state index contributed by atoms with van der Waals surface area (Å²) in [5.74, 6) is -1.70. The highest BCUT2D eigenvalue weighted by molar-refractivity contribution is 7.99. The van der Waals surface area contributed by atoms with Crippen molar-refractivity contribution in [2.24, 2.45) is 0 Å². The van der Waals surface area contributed by atoms with Crippen molar-refractivity contribution in [1.29, 1.82) is 0 Å². The standard InChI is InChI=1S/C10H12O7S3/c11-18(12)6-9(10(7-18)20(15,16)17)19(13,14)8-4-2-1-3-5-8/h1-5,9-10H,6-7H2,(H,15,16,17)/t9-,10-/m1/s1. The lowest BCUT2D eigenvalue weighted by Crippen LogP contribution is -2.38. The summed E-state index contributed by atoms with van der Waals surface area (Å²) in [7, 11) is -12.8. The molecule has 0 radical (unpaired) electrons. The maximum atomic E-state index is 12.3. The quantitative estimate of drug-likeness (QED) is 0.737. The van der Waals surface area contributed by atoms with Crippen LogP contribution in [-0.2, 0) is 29.8 Å². The van der Waals surface area contributed by atoms with Gasteiger partial charge in [0.15, 0.2) is 19.7 Å². The molecule has 1 fully saturated rings. The molecule has 1 aromatic rings. The Hall–Kier alpha value is -0.970. The molecular formula is C10H12O7S3. The Morgan fingerprint density at radius 1 is 0.950 bits per heavy atom. The molecule has 0 bridgehead atoms. The van der Waals surface area contributed by atoms with Crippen molar-refractivity contribution in [3.63, 3.8) is 0 Å². The average Bonchev–Trinajstić information content (AvgIpc) is 2.67. The van der Waals surface area contributed by atoms with Crippen molar-refractivity contribution in [3.05, 3.63) is 30.3 Å². The predicted molar refractivity (Wildman–Crippen MR) is 71.4 cm³/mol. The lowest BCUT2D eigenvalue weighted by Gasteiger charge is -2.15. The highest BCUT2D eigenvalue weighted by atomic mass is 32.2. The maximum absolute atomic E-state index is 12.3. The van der Waals surface area contributed by atoms with Crippen molar-refractivity contribution in [3.8, 4) is 0 Å². The Balaban J connectivity index is 2.56. The topological polar surface area (TPSA) is 123 Å². The van der Waals surface area contributed by atoms with E-state index in [0.717, 1.165) is 0 Å². The molecule has 1 aliphatic rings. The third kappa shape index (κ3) is 2.87. The van der Waals surface area contributed by atoms with E-state index in [0.29, 0.717) is 0 Å². The second-order valence-corrected chi connectivity index (χ2v) is 10.5. The summed E-state index contributed by atoms with van der Waals surface area (Å²) >= 11 is 0. The highest BCUT2D eigenvalue weighted by Gasteiger charge is 2.51. The third-order valence-electron chi connectivity index (χ3n) is 3.10. The minimum absolute atomic E-state index is 0.171. The summed E-state index contributed by atoms with van der Waals surface area (Å²) in [5.41, 5.74) is 0. The minimum Gasteiger partial charge on any atom is -0.285 e. The third-order valence-corrected chi connectivity index (χ3v) is 8.91. The van der Waals surface area contributed by atoms with Gasteiger partial charge < -0.3 is 0 Å². The average molecular weight is 340 g/mol. The van der Waals surface area contributed by atoms with Gasteiger partial charge in [-0.1, -0.05) is 18.2 Å². The van der Waals surface area contributed by atoms with Gasteiger partial charge in [-0.05, 0) is 12.1 Å². The van der Waals surface area contributed by atoms with E-state index >= 15 is 0 Å². The molecule has 0 amide bonds. The van der Waals surface area contributed by atoms with E-state index in [4.69, 9.17) is 4.55 Å². The van der Waals surface area contributed by atoms with Crippen LogP contribution >= 0.6 is 0 Å². The molecule has 20 heavy (non-hydrogen) atoms. The van der Waals surface area contributed by atoms with Gasteiger partial charge in [-0.25, -0.2) is 16.8 Å². The first kappa shape index (κ1) is 15.4. The van der Waals surface area contributed by atoms with E-state index in [-0.39, 0.29) is 4.90 Å². The van der Waals surface area contributed by atoms with Crippen LogP contribution in [0.1, 0.15) is 0 Å². The molecule has 1 heterocycles. The number of sulfone groups is 2. The Bertz CT molecular complexity index is 807. The van der Waals surface area contributed by atoms with Crippen LogP contribution in [0.3, 0.4) is 0 Å². The normalized spacial score (nSPS) is 26.4. The molecule has 0 spiro atoms. The van der Waals surface area contributed by atoms with Crippen molar-refractivity contribution >= 4 is 29.8 Å². The van der Waals surface area contributed by atoms with Gasteiger partial charge >= 0.3 is 0 Å². The summed E-state index contributed by atoms with van der Waals surface area (Å²) in [6.07, 6.45) is 0. The monoisotopic (exact) mass is 340 g/mol. The van der Waals surface area contributed by atoms with Crippen LogP contribution in [0.2, 0.25) is 0 Å². The Labute approximate surface area is 117 Å². The zero-order chi connectivity index (χ0) is 15.2. The van der Waals surface area contributed by atoms with E-state index in [1.54, 1.807) is 6.07 Å². The van der Waals surface area contributed by atoms with Gasteiger partial charge in [-0.15, -0.1) is 0 Å². The predicted octanol–water partition coefficient (Wildman–Crippen LogP) is -0.486. The Morgan fingerprint density at radius 2 is 1.45 bits per heavy atom. The number of hydrogen-bond acceptors (Lipinski definition) is 6. The zero-order valence-electron chi connectivity index (χ0n) is 10.1. The molecule has 10 heteroatoms. The van der Waals surface area contributed by atoms with Gasteiger partial charge in [0.05, 0.1) is 21.7 Å². The first-order valence-electron chi connectivity index (χ1n) is 5.50. The summed E-state index contributed by atoms with van der Waals surface area (Å²) in [5, 5.41) is -3.54. The molecule has 2 atom stereocenters. The number of hydrogen-bond donors (Lipinski definition) is 1. The van der Waals surface area contributed by atoms with E-state index in [1.807, 2.05) is 0 Å². The molecule has 0 unspecified atom stereocenters. The fourth-order valence-electron chi connectivity index (χ4n) is 2.14. The van der Waals surface area contributed by atoms with Gasteiger partial charge in [-0.2, -0.15) is 8.42 Å². The van der Waals surface area contributed by atoms with E-state index in [9.17, 15) is 25.3 Å². The summed E-state index contributed by atoms with van der Waals surface area (Å²) in [6.45, 7) is 0. The summed E-state index contributed by atoms with van der Waals surface area (Å²) in [6, 6.07) is 6.96. The van der Waals surface area contributed by atoms with Crippen molar-refractivity contribution in [2.45, 2.75) is 15.4 Å². The van der Waals surface area contributed by atoms with Crippen LogP contribution in [0, 0.1) is 0 Å². The number of rotatable bonds is 3. The first-order valence-corrected chi connectivity index (χ1v) is 10.4. The van der Waals surface area contributed by atoms with Gasteiger partial charge in [0.1, 0.15) is 5.25 Å². The van der Waals surface area contributed by atoms with Crippen LogP contribution < -0.4 is 0 Å². The summed E-state index contributed by atoms with van der Waals surface area (Å²) in [4.78, 5) is -0.171. The second kappa shape index (κ2) is 4.79. The molecule has 0 saturated carbocycles. The Kier molecular flexibility index (Phi) is 3.70. The molecule has 1 saturated heterocycles. The number of benzene rings is 1. The SMILES string of the molecule is O=S1(=O)C[C@@H](S(=O)(=O)O)[C@H](S(=O)(=O)c2ccccc2)C1. The molecule has 1 aliphatic heterocycles. The van der Waals surface area contributed by atoms with Gasteiger partial charge in [0.25, 0.3) is 10.1 Å². The first-order chi connectivity index (χ1) is 9.04. The van der Waals surface area contributed by atoms with E-state index in [1.165, 1.54) is 24.3 Å². The smallest absolute Gasteiger partial charge is 0.270 e. The lowest BCUT2D eigenvalue weighted by molar-refractivity contribution is 0.469. The molecule has 2 rings (SSSR count). The summed E-state index contributed by atoms with van der Waals surface area (Å²) < 4.78 is 79.3. The van der Waals surface area contributed by atoms with Gasteiger partial charge in [0, 0.05) is 0 Å². The fraction of sp³-hybridized carbons (Fsp3) is 0.400. The fourth-order valence-corrected chi connectivity index (χ4v) is 9.35. The zero-order valence-corrected chi connectivity index (χ0v) is 12.5. The maximum Gasteiger partial charge on any atom is 0.270 e. The van der Waals surface area contributed by atoms with Crippen LogP contribution in [0.25, 0.3) is 0 Å². The van der Waals surface area contributed by atoms with Gasteiger partial charge in [-0.3, -0.25) is 4.55 Å². The van der Waals surface area contributed by atoms with Crippen LogP contribution in [0.5, 0.6) is 0 Å². The largest absolute Gasteiger partial charge is 0.285 e. The molecule has 0 aliphatic carbocycles. The molecule has 1 N–H and O–H groups in total. The molecule has 0 aromatic heterocycles. The highest BCUT2D eigenvalue weighted by Crippen LogP contribution is 2.29. The van der Waals surface area contributed by atoms with Crippen molar-refractivity contribution in [1.82, 2.24) is 0 Å². The van der Waals surface area contributed by atoms with E-state index in [2.05, 4.69) is 0 Å². The molecule has 1 aromatic carbocycles. The van der Waals surface area contributed by atoms with E-state index < -0.39 is 51.8 Å². The van der Waals surface area contributed by atoms with Crippen molar-refractivity contribution < 1.29 is 29.8 Å². The molecule has 112 valence electrons. The minimum atomic E-state index is -4.77.